The summed E-state index contributed by atoms with van der Waals surface area (Å²) in [6, 6.07) is 20.4. The van der Waals surface area contributed by atoms with E-state index in [2.05, 4.69) is 67.4 Å². The molecule has 4 aromatic carbocycles. The van der Waals surface area contributed by atoms with Crippen LogP contribution in [0.3, 0.4) is 0 Å². The number of nitrogens with zero attached hydrogens (tertiary/aromatic N) is 4. The van der Waals surface area contributed by atoms with E-state index in [-0.39, 0.29) is 37.5 Å². The number of sulfone groups is 2. The lowest BCUT2D eigenvalue weighted by atomic mass is 10.2. The molecule has 0 bridgehead atoms. The normalized spacial score (nSPS) is 11.6. The van der Waals surface area contributed by atoms with E-state index in [1.807, 2.05) is 24.3 Å². The van der Waals surface area contributed by atoms with E-state index in [4.69, 9.17) is 60.6 Å². The number of rotatable bonds is 7. The van der Waals surface area contributed by atoms with Crippen LogP contribution < -0.4 is 14.2 Å². The summed E-state index contributed by atoms with van der Waals surface area (Å²) in [7, 11) is -2.45. The van der Waals surface area contributed by atoms with E-state index in [1.165, 1.54) is 38.4 Å². The number of hydrogen-bond acceptors (Lipinski definition) is 15. The molecule has 15 nitrogen and oxygen atoms in total. The van der Waals surface area contributed by atoms with Gasteiger partial charge in [0.25, 0.3) is 0 Å². The number of carbonyl (C=O) groups excluding carboxylic acids is 1. The number of aromatic hydroxyl groups is 1. The monoisotopic (exact) mass is 1270 g/mol. The molecule has 3 N–H and O–H groups in total. The standard InChI is InChI=1S/C14H16ClNO3S.C14H16ClNOS.C13H14ClNO3S.C10H7BrClNO.C4H8O2.H2O/c1-14(2,3)20(17,18)13-7-9-10(15)5-6-16-11(9)8-12(13)19-4;1-14(2,3)18-13-7-9-10(15)5-6-16-11(9)8-12(13)17-4;1-13(2,3)19(17,18)12-6-8-9(14)4-5-15-10(8)7-11(12)16;1-14-10-5-9-6(4-7(10)11)8(12)2-3-13-9;1-3-6-4(2)5;/h5-8H,1-4H3;5-8H,1-4H3;4-7,16H,1-3H3;2-5H,1H3;3H2,1-2H3;1H2. The fourth-order valence-corrected chi connectivity index (χ4v) is 11.7. The third kappa shape index (κ3) is 17.0. The fourth-order valence-electron chi connectivity index (χ4n) is 6.66. The van der Waals surface area contributed by atoms with Gasteiger partial charge in [0, 0.05) is 82.3 Å². The lowest BCUT2D eigenvalue weighted by Crippen LogP contribution is -2.28. The third-order valence-corrected chi connectivity index (χ3v) is 18.8. The molecule has 8 rings (SSSR count). The van der Waals surface area contributed by atoms with Gasteiger partial charge in [-0.3, -0.25) is 24.7 Å². The predicted molar refractivity (Wildman–Crippen MR) is 321 cm³/mol. The number of thioether (sulfide) groups is 1. The Morgan fingerprint density at radius 1 is 0.564 bits per heavy atom. The summed E-state index contributed by atoms with van der Waals surface area (Å²) < 4.78 is 69.4. The van der Waals surface area contributed by atoms with Crippen molar-refractivity contribution in [3.05, 3.63) is 122 Å². The van der Waals surface area contributed by atoms with E-state index in [1.54, 1.807) is 117 Å². The van der Waals surface area contributed by atoms with Crippen molar-refractivity contribution in [3.8, 4) is 23.0 Å². The lowest BCUT2D eigenvalue weighted by molar-refractivity contribution is -0.140. The molecule has 0 atom stereocenters. The average molecular weight is 1270 g/mol. The van der Waals surface area contributed by atoms with Crippen molar-refractivity contribution >= 4 is 143 Å². The molecule has 0 aliphatic heterocycles. The van der Waals surface area contributed by atoms with Crippen molar-refractivity contribution in [2.75, 3.05) is 27.9 Å². The first-order chi connectivity index (χ1) is 35.7. The smallest absolute Gasteiger partial charge is 0.302 e. The van der Waals surface area contributed by atoms with E-state index >= 15 is 0 Å². The van der Waals surface area contributed by atoms with E-state index in [9.17, 15) is 26.7 Å². The van der Waals surface area contributed by atoms with Crippen LogP contribution in [-0.2, 0) is 29.2 Å². The number of fused-ring (bicyclic) bond motifs is 4. The van der Waals surface area contributed by atoms with Gasteiger partial charge >= 0.3 is 5.97 Å². The summed E-state index contributed by atoms with van der Waals surface area (Å²) in [6.07, 6.45) is 6.46. The number of carbonyl (C=O) groups is 1. The summed E-state index contributed by atoms with van der Waals surface area (Å²) in [4.78, 5) is 27.7. The van der Waals surface area contributed by atoms with Gasteiger partial charge in [0.2, 0.25) is 0 Å². The van der Waals surface area contributed by atoms with Gasteiger partial charge in [-0.2, -0.15) is 0 Å². The molecule has 0 saturated heterocycles. The van der Waals surface area contributed by atoms with Crippen molar-refractivity contribution in [3.63, 3.8) is 0 Å². The minimum absolute atomic E-state index is 0. The molecule has 4 heterocycles. The second-order valence-electron chi connectivity index (χ2n) is 19.4. The molecule has 78 heavy (non-hydrogen) atoms. The first-order valence-electron chi connectivity index (χ1n) is 23.3. The highest BCUT2D eigenvalue weighted by molar-refractivity contribution is 9.10. The average Bonchev–Trinajstić information content (AvgIpc) is 3.34. The largest absolute Gasteiger partial charge is 0.507 e. The van der Waals surface area contributed by atoms with Crippen LogP contribution in [0.4, 0.5) is 0 Å². The van der Waals surface area contributed by atoms with Crippen molar-refractivity contribution in [1.29, 1.82) is 0 Å². The molecule has 0 aliphatic rings. The fraction of sp³-hybridized carbons (Fsp3) is 0.327. The molecule has 0 fully saturated rings. The van der Waals surface area contributed by atoms with Crippen LogP contribution in [-0.4, -0.2) is 95.5 Å². The molecule has 23 heteroatoms. The highest BCUT2D eigenvalue weighted by Gasteiger charge is 2.35. The minimum Gasteiger partial charge on any atom is -0.507 e. The Bertz CT molecular complexity index is 3650. The van der Waals surface area contributed by atoms with Gasteiger partial charge in [0.15, 0.2) is 19.7 Å². The summed E-state index contributed by atoms with van der Waals surface area (Å²) in [5.41, 5.74) is 2.75. The molecule has 0 spiro atoms. The summed E-state index contributed by atoms with van der Waals surface area (Å²) >= 11 is 29.5. The minimum atomic E-state index is -3.65. The van der Waals surface area contributed by atoms with Crippen molar-refractivity contribution in [2.45, 2.75) is 105 Å². The first-order valence-corrected chi connectivity index (χ1v) is 29.4. The number of benzene rings is 4. The zero-order valence-electron chi connectivity index (χ0n) is 45.5. The van der Waals surface area contributed by atoms with Crippen LogP contribution in [0.25, 0.3) is 43.6 Å². The Hall–Kier alpha value is -4.96. The van der Waals surface area contributed by atoms with Crippen LogP contribution in [0.15, 0.2) is 117 Å². The van der Waals surface area contributed by atoms with E-state index in [0.29, 0.717) is 43.5 Å². The van der Waals surface area contributed by atoms with Gasteiger partial charge in [-0.1, -0.05) is 67.2 Å². The van der Waals surface area contributed by atoms with Gasteiger partial charge < -0.3 is 29.5 Å². The number of phenolic OH excluding ortho intramolecular Hbond substituents is 1. The summed E-state index contributed by atoms with van der Waals surface area (Å²) in [5, 5.41) is 15.2. The molecular weight excluding hydrogens is 1210 g/mol. The predicted octanol–water partition coefficient (Wildman–Crippen LogP) is 14.8. The van der Waals surface area contributed by atoms with Crippen molar-refractivity contribution in [2.24, 2.45) is 0 Å². The molecule has 422 valence electrons. The molecular formula is C55H63BrCl4N4O11S3. The highest BCUT2D eigenvalue weighted by atomic mass is 79.9. The molecule has 0 aliphatic carbocycles. The number of hydrogen-bond donors (Lipinski definition) is 1. The van der Waals surface area contributed by atoms with E-state index < -0.39 is 29.2 Å². The number of halogens is 5. The molecule has 0 saturated carbocycles. The van der Waals surface area contributed by atoms with Gasteiger partial charge in [0.05, 0.1) is 89.0 Å². The maximum absolute atomic E-state index is 12.6. The molecule has 0 unspecified atom stereocenters. The zero-order chi connectivity index (χ0) is 58.0. The Labute approximate surface area is 489 Å². The third-order valence-electron chi connectivity index (χ3n) is 10.6. The number of pyridine rings is 4. The first kappa shape index (κ1) is 67.3. The van der Waals surface area contributed by atoms with Gasteiger partial charge in [-0.15, -0.1) is 11.8 Å². The Balaban J connectivity index is 0.000000264. The zero-order valence-corrected chi connectivity index (χ0v) is 52.5. The summed E-state index contributed by atoms with van der Waals surface area (Å²) in [6.45, 7) is 19.9. The number of ether oxygens (including phenoxy) is 4. The van der Waals surface area contributed by atoms with Gasteiger partial charge in [-0.05, 0) is 113 Å². The topological polar surface area (TPSA) is 226 Å². The van der Waals surface area contributed by atoms with Crippen LogP contribution in [0.1, 0.15) is 76.2 Å². The Morgan fingerprint density at radius 3 is 1.27 bits per heavy atom. The second-order valence-corrected chi connectivity index (χ2v) is 29.1. The molecule has 0 radical (unpaired) electrons. The second kappa shape index (κ2) is 28.0. The maximum Gasteiger partial charge on any atom is 0.302 e. The summed E-state index contributed by atoms with van der Waals surface area (Å²) in [5.74, 6) is 1.36. The SMILES string of the molecule is CC(C)(C)S(=O)(=O)c1cc2c(Cl)ccnc2cc1O.CCOC(C)=O.COc1cc2nccc(Cl)c2cc1Br.COc1cc2nccc(Cl)c2cc1S(=O)(=O)C(C)(C)C.COc1cc2nccc(Cl)c2cc1SC(C)(C)C.O. The van der Waals surface area contributed by atoms with Crippen LogP contribution >= 0.6 is 74.1 Å². The van der Waals surface area contributed by atoms with Crippen molar-refractivity contribution in [1.82, 2.24) is 19.9 Å². The van der Waals surface area contributed by atoms with Crippen LogP contribution in [0.2, 0.25) is 20.1 Å². The molecule has 4 aromatic heterocycles. The molecule has 0 amide bonds. The Kier molecular flexibility index (Phi) is 24.1. The molecule has 8 aromatic rings. The van der Waals surface area contributed by atoms with Gasteiger partial charge in [0.1, 0.15) is 32.8 Å². The number of methoxy groups -OCH3 is 3. The highest BCUT2D eigenvalue weighted by Crippen LogP contribution is 2.42. The number of phenols is 1. The van der Waals surface area contributed by atoms with Gasteiger partial charge in [-0.25, -0.2) is 16.8 Å². The van der Waals surface area contributed by atoms with E-state index in [0.717, 1.165) is 47.7 Å². The van der Waals surface area contributed by atoms with Crippen LogP contribution in [0, 0.1) is 0 Å². The number of aromatic nitrogens is 4. The quantitative estimate of drug-likeness (QED) is 0.116. The lowest BCUT2D eigenvalue weighted by Gasteiger charge is -2.21. The van der Waals surface area contributed by atoms with Crippen LogP contribution in [0.5, 0.6) is 23.0 Å². The number of esters is 1. The Morgan fingerprint density at radius 2 is 0.910 bits per heavy atom. The van der Waals surface area contributed by atoms with Crippen molar-refractivity contribution < 1.29 is 51.2 Å². The maximum atomic E-state index is 12.6.